The maximum atomic E-state index is 5.82. The minimum absolute atomic E-state index is 0.657. The van der Waals surface area contributed by atoms with Crippen molar-refractivity contribution in [2.45, 2.75) is 6.92 Å². The average molecular weight is 212 g/mol. The fourth-order valence-electron chi connectivity index (χ4n) is 1.95. The number of nitrogens with zero attached hydrogens (tertiary/aromatic N) is 1. The molecule has 0 fully saturated rings. The van der Waals surface area contributed by atoms with Gasteiger partial charge in [-0.2, -0.15) is 5.10 Å². The highest BCUT2D eigenvalue weighted by Gasteiger charge is 2.08. The van der Waals surface area contributed by atoms with E-state index in [2.05, 4.69) is 40.3 Å². The summed E-state index contributed by atoms with van der Waals surface area (Å²) in [5, 5.41) is 8.03. The molecule has 4 nitrogen and oxygen atoms in total. The fraction of sp³-hybridized carbons (Fsp3) is 0.0833. The van der Waals surface area contributed by atoms with Crippen molar-refractivity contribution < 1.29 is 0 Å². The molecule has 3 rings (SSSR count). The molecule has 0 bridgehead atoms. The Labute approximate surface area is 92.5 Å². The van der Waals surface area contributed by atoms with Crippen LogP contribution in [0.3, 0.4) is 0 Å². The molecule has 0 aliphatic rings. The number of H-pyrrole nitrogens is 2. The van der Waals surface area contributed by atoms with E-state index in [9.17, 15) is 0 Å². The first-order valence-electron chi connectivity index (χ1n) is 5.13. The Bertz CT molecular complexity index is 648. The molecule has 0 radical (unpaired) electrons. The number of benzene rings is 1. The molecular weight excluding hydrogens is 200 g/mol. The third kappa shape index (κ3) is 1.20. The smallest absolute Gasteiger partial charge is 0.104 e. The van der Waals surface area contributed by atoms with Gasteiger partial charge in [-0.3, -0.25) is 5.10 Å². The summed E-state index contributed by atoms with van der Waals surface area (Å²) in [7, 11) is 0. The van der Waals surface area contributed by atoms with Crippen LogP contribution in [0.15, 0.2) is 30.5 Å². The molecule has 4 heteroatoms. The number of anilines is 1. The van der Waals surface area contributed by atoms with Crippen LogP contribution in [0.1, 0.15) is 5.56 Å². The van der Waals surface area contributed by atoms with E-state index in [1.165, 1.54) is 10.9 Å². The molecule has 80 valence electrons. The zero-order valence-electron chi connectivity index (χ0n) is 8.91. The van der Waals surface area contributed by atoms with Crippen molar-refractivity contribution in [3.05, 3.63) is 36.0 Å². The summed E-state index contributed by atoms with van der Waals surface area (Å²) < 4.78 is 0. The van der Waals surface area contributed by atoms with Crippen molar-refractivity contribution in [3.63, 3.8) is 0 Å². The van der Waals surface area contributed by atoms with Gasteiger partial charge in [0.05, 0.1) is 17.6 Å². The van der Waals surface area contributed by atoms with Gasteiger partial charge in [-0.1, -0.05) is 12.1 Å². The molecule has 16 heavy (non-hydrogen) atoms. The third-order valence-electron chi connectivity index (χ3n) is 2.82. The standard InChI is InChI=1S/C12H12N4/c1-7-3-2-4-10-8(7)5-11(15-10)12-9(13)6-14-16-12/h2-6,15H,13H2,1H3,(H,14,16). The molecule has 0 aliphatic heterocycles. The zero-order chi connectivity index (χ0) is 11.1. The Hall–Kier alpha value is -2.23. The van der Waals surface area contributed by atoms with Crippen molar-refractivity contribution in [2.75, 3.05) is 5.73 Å². The molecule has 1 aromatic carbocycles. The first kappa shape index (κ1) is 9.03. The van der Waals surface area contributed by atoms with E-state index in [4.69, 9.17) is 5.73 Å². The van der Waals surface area contributed by atoms with E-state index in [0.29, 0.717) is 5.69 Å². The molecule has 2 heterocycles. The largest absolute Gasteiger partial charge is 0.396 e. The van der Waals surface area contributed by atoms with Crippen molar-refractivity contribution in [1.82, 2.24) is 15.2 Å². The highest BCUT2D eigenvalue weighted by Crippen LogP contribution is 2.27. The molecule has 4 N–H and O–H groups in total. The topological polar surface area (TPSA) is 70.5 Å². The number of fused-ring (bicyclic) bond motifs is 1. The summed E-state index contributed by atoms with van der Waals surface area (Å²) >= 11 is 0. The van der Waals surface area contributed by atoms with Crippen LogP contribution in [0.4, 0.5) is 5.69 Å². The fourth-order valence-corrected chi connectivity index (χ4v) is 1.95. The third-order valence-corrected chi connectivity index (χ3v) is 2.82. The highest BCUT2D eigenvalue weighted by molar-refractivity contribution is 5.89. The van der Waals surface area contributed by atoms with Gasteiger partial charge >= 0.3 is 0 Å². The second kappa shape index (κ2) is 3.13. The molecule has 0 atom stereocenters. The van der Waals surface area contributed by atoms with E-state index in [-0.39, 0.29) is 0 Å². The lowest BCUT2D eigenvalue weighted by Gasteiger charge is -1.93. The number of aromatic nitrogens is 3. The van der Waals surface area contributed by atoms with E-state index < -0.39 is 0 Å². The van der Waals surface area contributed by atoms with Crippen LogP contribution < -0.4 is 5.73 Å². The summed E-state index contributed by atoms with van der Waals surface area (Å²) in [6.45, 7) is 2.09. The van der Waals surface area contributed by atoms with Crippen LogP contribution in [-0.2, 0) is 0 Å². The van der Waals surface area contributed by atoms with E-state index >= 15 is 0 Å². The van der Waals surface area contributed by atoms with Gasteiger partial charge in [0.2, 0.25) is 0 Å². The molecule has 2 aromatic heterocycles. The van der Waals surface area contributed by atoms with E-state index in [1.807, 2.05) is 6.07 Å². The first-order valence-corrected chi connectivity index (χ1v) is 5.13. The normalized spacial score (nSPS) is 11.1. The summed E-state index contributed by atoms with van der Waals surface area (Å²) in [5.74, 6) is 0. The number of aromatic amines is 2. The lowest BCUT2D eigenvalue weighted by Crippen LogP contribution is -1.85. The summed E-state index contributed by atoms with van der Waals surface area (Å²) in [6.07, 6.45) is 1.62. The molecule has 0 spiro atoms. The molecule has 0 amide bonds. The number of nitrogens with one attached hydrogen (secondary N) is 2. The average Bonchev–Trinajstić information content (AvgIpc) is 2.84. The van der Waals surface area contributed by atoms with E-state index in [1.54, 1.807) is 6.20 Å². The first-order chi connectivity index (χ1) is 7.75. The van der Waals surface area contributed by atoms with Crippen LogP contribution in [0, 0.1) is 6.92 Å². The van der Waals surface area contributed by atoms with Gasteiger partial charge in [-0.25, -0.2) is 0 Å². The van der Waals surface area contributed by atoms with Gasteiger partial charge in [0.25, 0.3) is 0 Å². The Kier molecular flexibility index (Phi) is 1.77. The Morgan fingerprint density at radius 3 is 2.88 bits per heavy atom. The summed E-state index contributed by atoms with van der Waals surface area (Å²) in [5.41, 5.74) is 10.7. The molecule has 0 aliphatic carbocycles. The minimum atomic E-state index is 0.657. The summed E-state index contributed by atoms with van der Waals surface area (Å²) in [6, 6.07) is 8.28. The Morgan fingerprint density at radius 2 is 2.19 bits per heavy atom. The lowest BCUT2D eigenvalue weighted by molar-refractivity contribution is 1.09. The van der Waals surface area contributed by atoms with Crippen LogP contribution in [-0.4, -0.2) is 15.2 Å². The number of nitrogen functional groups attached to an aromatic ring is 1. The molecular formula is C12H12N4. The van der Waals surface area contributed by atoms with Crippen molar-refractivity contribution in [2.24, 2.45) is 0 Å². The minimum Gasteiger partial charge on any atom is -0.396 e. The number of nitrogens with two attached hydrogens (primary N) is 1. The van der Waals surface area contributed by atoms with Crippen molar-refractivity contribution >= 4 is 16.6 Å². The number of hydrogen-bond donors (Lipinski definition) is 3. The number of rotatable bonds is 1. The monoisotopic (exact) mass is 212 g/mol. The van der Waals surface area contributed by atoms with Crippen LogP contribution in [0.5, 0.6) is 0 Å². The number of hydrogen-bond acceptors (Lipinski definition) is 2. The highest BCUT2D eigenvalue weighted by atomic mass is 15.1. The zero-order valence-corrected chi connectivity index (χ0v) is 8.91. The van der Waals surface area contributed by atoms with Gasteiger partial charge in [0.1, 0.15) is 5.69 Å². The Balaban J connectivity index is 2.27. The second-order valence-corrected chi connectivity index (χ2v) is 3.92. The van der Waals surface area contributed by atoms with Gasteiger partial charge in [-0.05, 0) is 24.6 Å². The van der Waals surface area contributed by atoms with Crippen LogP contribution >= 0.6 is 0 Å². The van der Waals surface area contributed by atoms with Gasteiger partial charge in [0, 0.05) is 10.9 Å². The molecule has 0 saturated heterocycles. The van der Waals surface area contributed by atoms with Crippen molar-refractivity contribution in [1.29, 1.82) is 0 Å². The molecule has 3 aromatic rings. The van der Waals surface area contributed by atoms with Gasteiger partial charge in [-0.15, -0.1) is 0 Å². The van der Waals surface area contributed by atoms with E-state index in [0.717, 1.165) is 16.9 Å². The lowest BCUT2D eigenvalue weighted by atomic mass is 10.1. The second-order valence-electron chi connectivity index (χ2n) is 3.92. The van der Waals surface area contributed by atoms with Gasteiger partial charge in [0.15, 0.2) is 0 Å². The SMILES string of the molecule is Cc1cccc2[nH]c(-c3[nH]ncc3N)cc12. The maximum Gasteiger partial charge on any atom is 0.104 e. The van der Waals surface area contributed by atoms with Crippen LogP contribution in [0.25, 0.3) is 22.3 Å². The molecule has 0 saturated carbocycles. The van der Waals surface area contributed by atoms with Crippen molar-refractivity contribution in [3.8, 4) is 11.4 Å². The Morgan fingerprint density at radius 1 is 1.31 bits per heavy atom. The quantitative estimate of drug-likeness (QED) is 0.579. The predicted molar refractivity (Wildman–Crippen MR) is 65.0 cm³/mol. The summed E-state index contributed by atoms with van der Waals surface area (Å²) in [4.78, 5) is 3.33. The molecule has 0 unspecified atom stereocenters. The maximum absolute atomic E-state index is 5.82. The van der Waals surface area contributed by atoms with Gasteiger partial charge < -0.3 is 10.7 Å². The predicted octanol–water partition coefficient (Wildman–Crippen LogP) is 2.45. The number of aryl methyl sites for hydroxylation is 1. The van der Waals surface area contributed by atoms with Crippen LogP contribution in [0.2, 0.25) is 0 Å².